The van der Waals surface area contributed by atoms with E-state index in [0.29, 0.717) is 13.2 Å². The average Bonchev–Trinajstić information content (AvgIpc) is 2.36. The van der Waals surface area contributed by atoms with Crippen molar-refractivity contribution in [3.05, 3.63) is 35.9 Å². The fraction of sp³-hybridized carbons (Fsp3) is 0.500. The number of carbonyl (C=O) groups excluding carboxylic acids is 1. The number of ether oxygens (including phenoxy) is 1. The van der Waals surface area contributed by atoms with E-state index in [2.05, 4.69) is 6.92 Å². The Balaban J connectivity index is 2.73. The van der Waals surface area contributed by atoms with E-state index in [9.17, 15) is 4.79 Å². The molecule has 3 nitrogen and oxygen atoms in total. The van der Waals surface area contributed by atoms with Crippen LogP contribution in [0.15, 0.2) is 30.3 Å². The standard InChI is InChI=1S/C14H21NO2/c1-4-12(3)15(14(16)17-5-2)11-13-9-7-6-8-10-13/h6-10,12H,4-5,11H2,1-3H3. The van der Waals surface area contributed by atoms with Crippen LogP contribution >= 0.6 is 0 Å². The lowest BCUT2D eigenvalue weighted by molar-refractivity contribution is 0.0890. The Bertz CT molecular complexity index is 337. The highest BCUT2D eigenvalue weighted by atomic mass is 16.6. The topological polar surface area (TPSA) is 29.5 Å². The van der Waals surface area contributed by atoms with Crippen LogP contribution in [0.1, 0.15) is 32.8 Å². The Hall–Kier alpha value is -1.51. The zero-order chi connectivity index (χ0) is 12.7. The van der Waals surface area contributed by atoms with Crippen LogP contribution in [0.25, 0.3) is 0 Å². The minimum atomic E-state index is -0.231. The maximum absolute atomic E-state index is 11.9. The molecule has 0 aromatic heterocycles. The van der Waals surface area contributed by atoms with Crippen molar-refractivity contribution in [3.8, 4) is 0 Å². The van der Waals surface area contributed by atoms with Gasteiger partial charge < -0.3 is 9.64 Å². The first-order valence-corrected chi connectivity index (χ1v) is 6.16. The van der Waals surface area contributed by atoms with Gasteiger partial charge in [-0.2, -0.15) is 0 Å². The van der Waals surface area contributed by atoms with E-state index < -0.39 is 0 Å². The molecule has 1 rings (SSSR count). The lowest BCUT2D eigenvalue weighted by Crippen LogP contribution is -2.38. The molecule has 0 radical (unpaired) electrons. The second-order valence-electron chi connectivity index (χ2n) is 4.07. The number of carbonyl (C=O) groups is 1. The molecular weight excluding hydrogens is 214 g/mol. The molecule has 0 saturated carbocycles. The Labute approximate surface area is 103 Å². The van der Waals surface area contributed by atoms with Crippen molar-refractivity contribution in [3.63, 3.8) is 0 Å². The number of benzene rings is 1. The van der Waals surface area contributed by atoms with Gasteiger partial charge in [0, 0.05) is 12.6 Å². The third-order valence-corrected chi connectivity index (χ3v) is 2.82. The fourth-order valence-corrected chi connectivity index (χ4v) is 1.61. The van der Waals surface area contributed by atoms with E-state index in [4.69, 9.17) is 4.74 Å². The molecule has 1 amide bonds. The van der Waals surface area contributed by atoms with Crippen LogP contribution in [0.5, 0.6) is 0 Å². The van der Waals surface area contributed by atoms with Gasteiger partial charge in [-0.3, -0.25) is 0 Å². The monoisotopic (exact) mass is 235 g/mol. The van der Waals surface area contributed by atoms with Gasteiger partial charge in [0.25, 0.3) is 0 Å². The summed E-state index contributed by atoms with van der Waals surface area (Å²) in [6.07, 6.45) is 0.691. The average molecular weight is 235 g/mol. The Morgan fingerprint density at radius 2 is 1.94 bits per heavy atom. The number of nitrogens with zero attached hydrogens (tertiary/aromatic N) is 1. The molecule has 3 heteroatoms. The zero-order valence-corrected chi connectivity index (χ0v) is 10.8. The summed E-state index contributed by atoms with van der Waals surface area (Å²) in [4.78, 5) is 13.6. The largest absolute Gasteiger partial charge is 0.450 e. The van der Waals surface area contributed by atoms with Gasteiger partial charge in [0.1, 0.15) is 0 Å². The second kappa shape index (κ2) is 6.94. The van der Waals surface area contributed by atoms with E-state index in [1.54, 1.807) is 4.90 Å². The van der Waals surface area contributed by atoms with Gasteiger partial charge in [0.2, 0.25) is 0 Å². The molecular formula is C14H21NO2. The highest BCUT2D eigenvalue weighted by Gasteiger charge is 2.19. The third kappa shape index (κ3) is 4.10. The van der Waals surface area contributed by atoms with Gasteiger partial charge in [0.05, 0.1) is 6.61 Å². The first-order valence-electron chi connectivity index (χ1n) is 6.16. The minimum Gasteiger partial charge on any atom is -0.450 e. The molecule has 1 atom stereocenters. The smallest absolute Gasteiger partial charge is 0.410 e. The molecule has 0 aliphatic heterocycles. The predicted octanol–water partition coefficient (Wildman–Crippen LogP) is 3.44. The summed E-state index contributed by atoms with van der Waals surface area (Å²) in [5, 5.41) is 0. The molecule has 0 bridgehead atoms. The summed E-state index contributed by atoms with van der Waals surface area (Å²) in [5.74, 6) is 0. The lowest BCUT2D eigenvalue weighted by Gasteiger charge is -2.27. The SMILES string of the molecule is CCOC(=O)N(Cc1ccccc1)C(C)CC. The summed E-state index contributed by atoms with van der Waals surface area (Å²) < 4.78 is 5.09. The molecule has 0 saturated heterocycles. The molecule has 0 heterocycles. The first-order chi connectivity index (χ1) is 8.19. The molecule has 17 heavy (non-hydrogen) atoms. The minimum absolute atomic E-state index is 0.189. The highest BCUT2D eigenvalue weighted by Crippen LogP contribution is 2.12. The maximum Gasteiger partial charge on any atom is 0.410 e. The van der Waals surface area contributed by atoms with Gasteiger partial charge in [0.15, 0.2) is 0 Å². The third-order valence-electron chi connectivity index (χ3n) is 2.82. The number of hydrogen-bond donors (Lipinski definition) is 0. The van der Waals surface area contributed by atoms with Crippen LogP contribution in [0.4, 0.5) is 4.79 Å². The summed E-state index contributed by atoms with van der Waals surface area (Å²) >= 11 is 0. The quantitative estimate of drug-likeness (QED) is 0.782. The Morgan fingerprint density at radius 1 is 1.29 bits per heavy atom. The first kappa shape index (κ1) is 13.6. The van der Waals surface area contributed by atoms with Crippen molar-refractivity contribution in [2.24, 2.45) is 0 Å². The van der Waals surface area contributed by atoms with Crippen LogP contribution in [0.2, 0.25) is 0 Å². The van der Waals surface area contributed by atoms with E-state index >= 15 is 0 Å². The Kier molecular flexibility index (Phi) is 5.53. The summed E-state index contributed by atoms with van der Waals surface area (Å²) in [6.45, 7) is 6.96. The second-order valence-corrected chi connectivity index (χ2v) is 4.07. The number of hydrogen-bond acceptors (Lipinski definition) is 2. The van der Waals surface area contributed by atoms with E-state index in [1.807, 2.05) is 44.2 Å². The van der Waals surface area contributed by atoms with Gasteiger partial charge in [-0.25, -0.2) is 4.79 Å². The van der Waals surface area contributed by atoms with E-state index in [-0.39, 0.29) is 12.1 Å². The molecule has 1 aromatic carbocycles. The molecule has 1 aromatic rings. The van der Waals surface area contributed by atoms with Gasteiger partial charge in [-0.1, -0.05) is 37.3 Å². The summed E-state index contributed by atoms with van der Waals surface area (Å²) in [6, 6.07) is 10.2. The van der Waals surface area contributed by atoms with Crippen LogP contribution in [0.3, 0.4) is 0 Å². The predicted molar refractivity (Wildman–Crippen MR) is 68.8 cm³/mol. The van der Waals surface area contributed by atoms with Gasteiger partial charge >= 0.3 is 6.09 Å². The molecule has 0 N–H and O–H groups in total. The van der Waals surface area contributed by atoms with Crippen molar-refractivity contribution in [1.29, 1.82) is 0 Å². The highest BCUT2D eigenvalue weighted by molar-refractivity contribution is 5.68. The van der Waals surface area contributed by atoms with Crippen LogP contribution in [-0.4, -0.2) is 23.6 Å². The van der Waals surface area contributed by atoms with Crippen molar-refractivity contribution < 1.29 is 9.53 Å². The Morgan fingerprint density at radius 3 is 2.47 bits per heavy atom. The van der Waals surface area contributed by atoms with Crippen molar-refractivity contribution in [2.75, 3.05) is 6.61 Å². The van der Waals surface area contributed by atoms with Crippen LogP contribution < -0.4 is 0 Å². The zero-order valence-electron chi connectivity index (χ0n) is 10.8. The van der Waals surface area contributed by atoms with Crippen molar-refractivity contribution in [2.45, 2.75) is 39.8 Å². The number of rotatable bonds is 5. The molecule has 0 fully saturated rings. The normalized spacial score (nSPS) is 11.9. The van der Waals surface area contributed by atoms with E-state index in [1.165, 1.54) is 0 Å². The molecule has 0 spiro atoms. The van der Waals surface area contributed by atoms with E-state index in [0.717, 1.165) is 12.0 Å². The molecule has 94 valence electrons. The molecule has 0 aliphatic carbocycles. The maximum atomic E-state index is 11.9. The van der Waals surface area contributed by atoms with Crippen molar-refractivity contribution >= 4 is 6.09 Å². The fourth-order valence-electron chi connectivity index (χ4n) is 1.61. The van der Waals surface area contributed by atoms with Gasteiger partial charge in [-0.05, 0) is 25.8 Å². The molecule has 1 unspecified atom stereocenters. The van der Waals surface area contributed by atoms with Crippen LogP contribution in [0, 0.1) is 0 Å². The lowest BCUT2D eigenvalue weighted by atomic mass is 10.1. The number of amides is 1. The van der Waals surface area contributed by atoms with Gasteiger partial charge in [-0.15, -0.1) is 0 Å². The summed E-state index contributed by atoms with van der Waals surface area (Å²) in [5.41, 5.74) is 1.13. The van der Waals surface area contributed by atoms with Crippen LogP contribution in [-0.2, 0) is 11.3 Å². The molecule has 0 aliphatic rings. The summed E-state index contributed by atoms with van der Waals surface area (Å²) in [7, 11) is 0. The van der Waals surface area contributed by atoms with Crippen molar-refractivity contribution in [1.82, 2.24) is 4.90 Å².